The van der Waals surface area contributed by atoms with Crippen LogP contribution in [0.15, 0.2) is 12.4 Å². The van der Waals surface area contributed by atoms with Gasteiger partial charge in [0.1, 0.15) is 0 Å². The van der Waals surface area contributed by atoms with Gasteiger partial charge in [0.25, 0.3) is 0 Å². The average molecular weight is 337 g/mol. The van der Waals surface area contributed by atoms with Crippen molar-refractivity contribution in [3.63, 3.8) is 0 Å². The Bertz CT molecular complexity index is 550. The van der Waals surface area contributed by atoms with Crippen molar-refractivity contribution in [2.75, 3.05) is 6.54 Å². The lowest BCUT2D eigenvalue weighted by molar-refractivity contribution is -0.0135. The van der Waals surface area contributed by atoms with Gasteiger partial charge in [0.05, 0.1) is 11.2 Å². The second-order valence-corrected chi connectivity index (χ2v) is 8.29. The van der Waals surface area contributed by atoms with Crippen LogP contribution in [0.3, 0.4) is 0 Å². The quantitative estimate of drug-likeness (QED) is 0.811. The van der Waals surface area contributed by atoms with Gasteiger partial charge in [-0.25, -0.2) is 4.79 Å². The number of amides is 2. The number of halogens is 1. The van der Waals surface area contributed by atoms with Crippen LogP contribution >= 0.6 is 11.6 Å². The third-order valence-corrected chi connectivity index (χ3v) is 6.06. The van der Waals surface area contributed by atoms with E-state index >= 15 is 0 Å². The van der Waals surface area contributed by atoms with Gasteiger partial charge in [0.2, 0.25) is 0 Å². The van der Waals surface area contributed by atoms with Crippen LogP contribution in [0, 0.1) is 17.8 Å². The van der Waals surface area contributed by atoms with E-state index in [1.54, 1.807) is 17.1 Å². The molecule has 0 radical (unpaired) electrons. The van der Waals surface area contributed by atoms with Crippen LogP contribution in [-0.2, 0) is 6.54 Å². The zero-order valence-electron chi connectivity index (χ0n) is 13.4. The molecular weight excluding hydrogens is 312 g/mol. The van der Waals surface area contributed by atoms with Crippen LogP contribution in [0.1, 0.15) is 44.9 Å². The smallest absolute Gasteiger partial charge is 0.315 e. The van der Waals surface area contributed by atoms with Gasteiger partial charge in [-0.2, -0.15) is 5.10 Å². The van der Waals surface area contributed by atoms with Gasteiger partial charge in [-0.3, -0.25) is 4.68 Å². The number of aryl methyl sites for hydroxylation is 1. The summed E-state index contributed by atoms with van der Waals surface area (Å²) < 4.78 is 1.81. The van der Waals surface area contributed by atoms with Crippen LogP contribution in [0.2, 0.25) is 5.02 Å². The van der Waals surface area contributed by atoms with Crippen LogP contribution in [0.25, 0.3) is 0 Å². The maximum Gasteiger partial charge on any atom is 0.315 e. The maximum atomic E-state index is 12.3. The molecule has 4 saturated carbocycles. The Morgan fingerprint density at radius 3 is 2.48 bits per heavy atom. The molecule has 23 heavy (non-hydrogen) atoms. The summed E-state index contributed by atoms with van der Waals surface area (Å²) >= 11 is 5.83. The first kappa shape index (κ1) is 15.3. The van der Waals surface area contributed by atoms with E-state index in [4.69, 9.17) is 11.6 Å². The Kier molecular flexibility index (Phi) is 4.00. The molecule has 0 unspecified atom stereocenters. The van der Waals surface area contributed by atoms with E-state index in [1.165, 1.54) is 38.5 Å². The molecule has 5 nitrogen and oxygen atoms in total. The maximum absolute atomic E-state index is 12.3. The Labute approximate surface area is 142 Å². The van der Waals surface area contributed by atoms with Gasteiger partial charge in [0.15, 0.2) is 0 Å². The third kappa shape index (κ3) is 3.35. The summed E-state index contributed by atoms with van der Waals surface area (Å²) in [5.74, 6) is 2.56. The second kappa shape index (κ2) is 6.00. The number of hydrogen-bond donors (Lipinski definition) is 2. The summed E-state index contributed by atoms with van der Waals surface area (Å²) in [6, 6.07) is 0.00504. The first-order valence-electron chi connectivity index (χ1n) is 8.84. The van der Waals surface area contributed by atoms with Crippen LogP contribution in [0.4, 0.5) is 4.79 Å². The first-order valence-corrected chi connectivity index (χ1v) is 9.22. The fourth-order valence-corrected chi connectivity index (χ4v) is 5.61. The standard InChI is InChI=1S/C17H25ClN4O/c18-15-10-20-22(11-15)3-1-2-19-16(23)21-17-7-12-4-13(8-17)6-14(5-12)9-17/h10-14H,1-9H2,(H2,19,21,23). The Morgan fingerprint density at radius 2 is 1.91 bits per heavy atom. The van der Waals surface area contributed by atoms with E-state index in [2.05, 4.69) is 15.7 Å². The Balaban J connectivity index is 1.23. The van der Waals surface area contributed by atoms with Gasteiger partial charge in [-0.15, -0.1) is 0 Å². The predicted octanol–water partition coefficient (Wildman–Crippen LogP) is 3.19. The Hall–Kier alpha value is -1.23. The molecule has 6 heteroatoms. The largest absolute Gasteiger partial charge is 0.338 e. The van der Waals surface area contributed by atoms with Gasteiger partial charge in [-0.05, 0) is 62.7 Å². The zero-order chi connectivity index (χ0) is 15.9. The number of carbonyl (C=O) groups is 1. The molecule has 4 bridgehead atoms. The highest BCUT2D eigenvalue weighted by Crippen LogP contribution is 2.55. The molecule has 2 amide bonds. The normalized spacial score (nSPS) is 34.6. The average Bonchev–Trinajstić information content (AvgIpc) is 2.87. The topological polar surface area (TPSA) is 59.0 Å². The number of nitrogens with one attached hydrogen (secondary N) is 2. The van der Waals surface area contributed by atoms with Crippen molar-refractivity contribution < 1.29 is 4.79 Å². The number of nitrogens with zero attached hydrogens (tertiary/aromatic N) is 2. The molecule has 0 aromatic carbocycles. The highest BCUT2D eigenvalue weighted by atomic mass is 35.5. The lowest BCUT2D eigenvalue weighted by atomic mass is 9.53. The van der Waals surface area contributed by atoms with Crippen molar-refractivity contribution in [3.05, 3.63) is 17.4 Å². The summed E-state index contributed by atoms with van der Waals surface area (Å²) in [5.41, 5.74) is 0.0916. The van der Waals surface area contributed by atoms with Gasteiger partial charge < -0.3 is 10.6 Å². The molecule has 126 valence electrons. The summed E-state index contributed by atoms with van der Waals surface area (Å²) in [4.78, 5) is 12.3. The SMILES string of the molecule is O=C(NCCCn1cc(Cl)cn1)NC12CC3CC(CC(C3)C1)C2. The van der Waals surface area contributed by atoms with Crippen molar-refractivity contribution in [1.82, 2.24) is 20.4 Å². The zero-order valence-corrected chi connectivity index (χ0v) is 14.2. The number of hydrogen-bond acceptors (Lipinski definition) is 2. The summed E-state index contributed by atoms with van der Waals surface area (Å²) in [7, 11) is 0. The van der Waals surface area contributed by atoms with Crippen molar-refractivity contribution >= 4 is 17.6 Å². The molecule has 0 aliphatic heterocycles. The van der Waals surface area contributed by atoms with Crippen LogP contribution in [0.5, 0.6) is 0 Å². The van der Waals surface area contributed by atoms with Gasteiger partial charge in [0, 0.05) is 24.8 Å². The lowest BCUT2D eigenvalue weighted by Crippen LogP contribution is -2.61. The fourth-order valence-electron chi connectivity index (χ4n) is 5.45. The van der Waals surface area contributed by atoms with Crippen molar-refractivity contribution in [2.24, 2.45) is 17.8 Å². The lowest BCUT2D eigenvalue weighted by Gasteiger charge is -2.56. The van der Waals surface area contributed by atoms with Crippen LogP contribution in [-0.4, -0.2) is 27.9 Å². The molecule has 4 fully saturated rings. The molecular formula is C17H25ClN4O. The van der Waals surface area contributed by atoms with E-state index in [-0.39, 0.29) is 11.6 Å². The fraction of sp³-hybridized carbons (Fsp3) is 0.765. The molecule has 0 atom stereocenters. The molecule has 0 spiro atoms. The van der Waals surface area contributed by atoms with E-state index < -0.39 is 0 Å². The minimum absolute atomic E-state index is 0.00504. The van der Waals surface area contributed by atoms with Gasteiger partial charge >= 0.3 is 6.03 Å². The first-order chi connectivity index (χ1) is 11.1. The summed E-state index contributed by atoms with van der Waals surface area (Å²) in [5, 5.41) is 11.1. The van der Waals surface area contributed by atoms with Crippen molar-refractivity contribution in [3.8, 4) is 0 Å². The van der Waals surface area contributed by atoms with Crippen molar-refractivity contribution in [2.45, 2.75) is 57.0 Å². The second-order valence-electron chi connectivity index (χ2n) is 7.85. The van der Waals surface area contributed by atoms with E-state index in [1.807, 2.05) is 0 Å². The molecule has 1 heterocycles. The number of urea groups is 1. The highest BCUT2D eigenvalue weighted by Gasteiger charge is 2.51. The van der Waals surface area contributed by atoms with E-state index in [9.17, 15) is 4.79 Å². The minimum atomic E-state index is 0.00504. The minimum Gasteiger partial charge on any atom is -0.338 e. The highest BCUT2D eigenvalue weighted by molar-refractivity contribution is 6.30. The molecule has 4 aliphatic rings. The number of rotatable bonds is 5. The number of aromatic nitrogens is 2. The van der Waals surface area contributed by atoms with E-state index in [0.717, 1.165) is 30.7 Å². The summed E-state index contributed by atoms with van der Waals surface area (Å²) in [6.45, 7) is 1.43. The Morgan fingerprint density at radius 1 is 1.26 bits per heavy atom. The third-order valence-electron chi connectivity index (χ3n) is 5.87. The molecule has 0 saturated heterocycles. The van der Waals surface area contributed by atoms with E-state index in [0.29, 0.717) is 11.6 Å². The molecule has 2 N–H and O–H groups in total. The predicted molar refractivity (Wildman–Crippen MR) is 89.3 cm³/mol. The molecule has 4 aliphatic carbocycles. The molecule has 1 aromatic rings. The summed E-state index contributed by atoms with van der Waals surface area (Å²) in [6.07, 6.45) is 12.1. The molecule has 1 aromatic heterocycles. The van der Waals surface area contributed by atoms with Gasteiger partial charge in [-0.1, -0.05) is 11.6 Å². The number of carbonyl (C=O) groups excluding carboxylic acids is 1. The van der Waals surface area contributed by atoms with Crippen molar-refractivity contribution in [1.29, 1.82) is 0 Å². The monoisotopic (exact) mass is 336 g/mol. The molecule has 5 rings (SSSR count). The van der Waals surface area contributed by atoms with Crippen LogP contribution < -0.4 is 10.6 Å².